The van der Waals surface area contributed by atoms with Crippen molar-refractivity contribution in [2.24, 2.45) is 0 Å². The van der Waals surface area contributed by atoms with Crippen molar-refractivity contribution in [2.45, 2.75) is 38.1 Å². The molecule has 176 valence electrons. The summed E-state index contributed by atoms with van der Waals surface area (Å²) in [5.41, 5.74) is 3.78. The minimum Gasteiger partial charge on any atom is -0.348 e. The molecule has 0 radical (unpaired) electrons. The number of hydrogen-bond acceptors (Lipinski definition) is 5. The van der Waals surface area contributed by atoms with E-state index in [2.05, 4.69) is 10.0 Å². The molecule has 6 nitrogen and oxygen atoms in total. The summed E-state index contributed by atoms with van der Waals surface area (Å²) in [5, 5.41) is 5.43. The van der Waals surface area contributed by atoms with Crippen LogP contribution < -0.4 is 10.0 Å². The summed E-state index contributed by atoms with van der Waals surface area (Å²) >= 11 is 1.54. The molecule has 0 fully saturated rings. The molecule has 4 rings (SSSR count). The molecule has 8 heteroatoms. The van der Waals surface area contributed by atoms with Gasteiger partial charge < -0.3 is 5.32 Å². The van der Waals surface area contributed by atoms with E-state index in [0.29, 0.717) is 35.2 Å². The number of fused-ring (bicyclic) bond motifs is 1. The molecule has 0 spiro atoms. The number of nitrogens with one attached hydrogen (secondary N) is 2. The summed E-state index contributed by atoms with van der Waals surface area (Å²) < 4.78 is 28.2. The van der Waals surface area contributed by atoms with Gasteiger partial charge in [-0.3, -0.25) is 4.79 Å². The van der Waals surface area contributed by atoms with Gasteiger partial charge in [0.2, 0.25) is 10.0 Å². The zero-order chi connectivity index (χ0) is 24.1. The van der Waals surface area contributed by atoms with E-state index in [0.717, 1.165) is 28.8 Å². The number of rotatable bonds is 9. The van der Waals surface area contributed by atoms with E-state index < -0.39 is 10.0 Å². The van der Waals surface area contributed by atoms with Gasteiger partial charge in [0.1, 0.15) is 0 Å². The number of unbranched alkanes of at least 4 members (excludes halogenated alkanes) is 1. The van der Waals surface area contributed by atoms with Crippen LogP contribution in [-0.4, -0.2) is 25.9 Å². The van der Waals surface area contributed by atoms with Gasteiger partial charge in [0.15, 0.2) is 0 Å². The summed E-state index contributed by atoms with van der Waals surface area (Å²) in [6, 6.07) is 18.3. The highest BCUT2D eigenvalue weighted by atomic mass is 32.2. The number of hydrogen-bond donors (Lipinski definition) is 2. The first kappa shape index (κ1) is 24.1. The maximum absolute atomic E-state index is 13.3. The average Bonchev–Trinajstić information content (AvgIpc) is 3.37. The lowest BCUT2D eigenvalue weighted by atomic mass is 10.1. The number of aromatic nitrogens is 1. The molecule has 4 aromatic rings. The first-order valence-electron chi connectivity index (χ1n) is 11.2. The Morgan fingerprint density at radius 2 is 1.85 bits per heavy atom. The van der Waals surface area contributed by atoms with E-state index in [1.807, 2.05) is 55.6 Å². The molecule has 0 bridgehead atoms. The minimum absolute atomic E-state index is 0.120. The second kappa shape index (κ2) is 10.5. The molecule has 0 aliphatic rings. The topological polar surface area (TPSA) is 88.2 Å². The van der Waals surface area contributed by atoms with Crippen LogP contribution in [-0.2, 0) is 16.6 Å². The third-order valence-electron chi connectivity index (χ3n) is 5.50. The fraction of sp³-hybridized carbons (Fsp3) is 0.231. The molecule has 2 heterocycles. The fourth-order valence-corrected chi connectivity index (χ4v) is 5.35. The molecule has 0 aliphatic heterocycles. The number of pyridine rings is 1. The number of amides is 1. The van der Waals surface area contributed by atoms with Crippen molar-refractivity contribution in [2.75, 3.05) is 6.54 Å². The van der Waals surface area contributed by atoms with Gasteiger partial charge in [-0.1, -0.05) is 49.2 Å². The standard InChI is InChI=1S/C26H27N3O3S2/c1-3-4-13-28-34(31,32)20-11-12-23-21(15-20)22(16-24(29-23)25-6-5-14-33-25)26(30)27-17-19-9-7-18(2)8-10-19/h5-12,14-16,28H,3-4,13,17H2,1-2H3,(H,27,30). The molecule has 2 aromatic heterocycles. The summed E-state index contributed by atoms with van der Waals surface area (Å²) in [6.07, 6.45) is 1.65. The number of carbonyl (C=O) groups excluding carboxylic acids is 1. The molecule has 1 amide bonds. The van der Waals surface area contributed by atoms with Crippen LogP contribution in [0.15, 0.2) is 70.9 Å². The number of carbonyl (C=O) groups is 1. The predicted molar refractivity (Wildman–Crippen MR) is 138 cm³/mol. The van der Waals surface area contributed by atoms with Crippen LogP contribution in [0.2, 0.25) is 0 Å². The molecule has 0 saturated carbocycles. The molecular formula is C26H27N3O3S2. The van der Waals surface area contributed by atoms with Crippen LogP contribution in [0.3, 0.4) is 0 Å². The van der Waals surface area contributed by atoms with Gasteiger partial charge in [-0.05, 0) is 54.6 Å². The lowest BCUT2D eigenvalue weighted by Gasteiger charge is -2.12. The van der Waals surface area contributed by atoms with Gasteiger partial charge in [-0.25, -0.2) is 18.1 Å². The van der Waals surface area contributed by atoms with Crippen molar-refractivity contribution in [3.05, 3.63) is 82.7 Å². The van der Waals surface area contributed by atoms with Gasteiger partial charge in [0, 0.05) is 18.5 Å². The largest absolute Gasteiger partial charge is 0.348 e. The molecule has 0 aliphatic carbocycles. The third-order valence-corrected chi connectivity index (χ3v) is 7.86. The monoisotopic (exact) mass is 493 g/mol. The molecular weight excluding hydrogens is 466 g/mol. The summed E-state index contributed by atoms with van der Waals surface area (Å²) in [5.74, 6) is -0.278. The predicted octanol–water partition coefficient (Wildman–Crippen LogP) is 5.28. The molecule has 0 atom stereocenters. The van der Waals surface area contributed by atoms with Gasteiger partial charge in [-0.15, -0.1) is 11.3 Å². The number of thiophene rings is 1. The van der Waals surface area contributed by atoms with E-state index in [1.165, 1.54) is 23.5 Å². The maximum atomic E-state index is 13.3. The van der Waals surface area contributed by atoms with Crippen LogP contribution in [0.1, 0.15) is 41.3 Å². The second-order valence-corrected chi connectivity index (χ2v) is 10.8. The van der Waals surface area contributed by atoms with Crippen molar-refractivity contribution in [3.63, 3.8) is 0 Å². The molecule has 2 aromatic carbocycles. The van der Waals surface area contributed by atoms with Crippen LogP contribution in [0.25, 0.3) is 21.5 Å². The maximum Gasteiger partial charge on any atom is 0.252 e. The quantitative estimate of drug-likeness (QED) is 0.311. The van der Waals surface area contributed by atoms with E-state index in [4.69, 9.17) is 4.98 Å². The van der Waals surface area contributed by atoms with Crippen molar-refractivity contribution >= 4 is 38.2 Å². The Hall–Kier alpha value is -3.07. The van der Waals surface area contributed by atoms with E-state index in [1.54, 1.807) is 12.1 Å². The molecule has 0 saturated heterocycles. The van der Waals surface area contributed by atoms with Crippen LogP contribution in [0.5, 0.6) is 0 Å². The minimum atomic E-state index is -3.69. The van der Waals surface area contributed by atoms with Gasteiger partial charge >= 0.3 is 0 Å². The highest BCUT2D eigenvalue weighted by Gasteiger charge is 2.19. The van der Waals surface area contributed by atoms with Crippen LogP contribution in [0, 0.1) is 6.92 Å². The Morgan fingerprint density at radius 3 is 2.56 bits per heavy atom. The summed E-state index contributed by atoms with van der Waals surface area (Å²) in [7, 11) is -3.69. The normalized spacial score (nSPS) is 11.6. The molecule has 0 unspecified atom stereocenters. The Bertz CT molecular complexity index is 1400. The van der Waals surface area contributed by atoms with E-state index in [9.17, 15) is 13.2 Å². The van der Waals surface area contributed by atoms with Gasteiger partial charge in [0.05, 0.1) is 26.5 Å². The van der Waals surface area contributed by atoms with E-state index >= 15 is 0 Å². The van der Waals surface area contributed by atoms with Crippen molar-refractivity contribution in [1.82, 2.24) is 15.0 Å². The average molecular weight is 494 g/mol. The van der Waals surface area contributed by atoms with Crippen molar-refractivity contribution < 1.29 is 13.2 Å². The van der Waals surface area contributed by atoms with Crippen LogP contribution in [0.4, 0.5) is 0 Å². The lowest BCUT2D eigenvalue weighted by Crippen LogP contribution is -2.25. The van der Waals surface area contributed by atoms with Crippen molar-refractivity contribution in [3.8, 4) is 10.6 Å². The lowest BCUT2D eigenvalue weighted by molar-refractivity contribution is 0.0952. The van der Waals surface area contributed by atoms with Crippen molar-refractivity contribution in [1.29, 1.82) is 0 Å². The second-order valence-electron chi connectivity index (χ2n) is 8.13. The Labute approximate surface area is 204 Å². The highest BCUT2D eigenvalue weighted by Crippen LogP contribution is 2.29. The first-order chi connectivity index (χ1) is 16.4. The third kappa shape index (κ3) is 5.52. The first-order valence-corrected chi connectivity index (χ1v) is 13.6. The number of benzene rings is 2. The van der Waals surface area contributed by atoms with Gasteiger partial charge in [0.25, 0.3) is 5.91 Å². The SMILES string of the molecule is CCCCNS(=O)(=O)c1ccc2nc(-c3cccs3)cc(C(=O)NCc3ccc(C)cc3)c2c1. The number of sulfonamides is 1. The fourth-order valence-electron chi connectivity index (χ4n) is 3.56. The van der Waals surface area contributed by atoms with Crippen LogP contribution >= 0.6 is 11.3 Å². The Kier molecular flexibility index (Phi) is 7.41. The zero-order valence-corrected chi connectivity index (χ0v) is 20.8. The summed E-state index contributed by atoms with van der Waals surface area (Å²) in [4.78, 5) is 19.1. The molecule has 2 N–H and O–H groups in total. The molecule has 34 heavy (non-hydrogen) atoms. The number of aryl methyl sites for hydroxylation is 1. The Balaban J connectivity index is 1.72. The smallest absolute Gasteiger partial charge is 0.252 e. The highest BCUT2D eigenvalue weighted by molar-refractivity contribution is 7.89. The summed E-state index contributed by atoms with van der Waals surface area (Å²) in [6.45, 7) is 4.76. The zero-order valence-electron chi connectivity index (χ0n) is 19.2. The Morgan fingerprint density at radius 1 is 1.06 bits per heavy atom. The van der Waals surface area contributed by atoms with Gasteiger partial charge in [-0.2, -0.15) is 0 Å². The number of nitrogens with zero attached hydrogens (tertiary/aromatic N) is 1. The van der Waals surface area contributed by atoms with E-state index in [-0.39, 0.29) is 10.8 Å².